The number of phenols is 4. The minimum Gasteiger partial charge on any atom is -0.504 e. The predicted octanol–water partition coefficient (Wildman–Crippen LogP) is 5.99. The van der Waals surface area contributed by atoms with Crippen LogP contribution in [-0.2, 0) is 0 Å². The quantitative estimate of drug-likeness (QED) is 0.315. The summed E-state index contributed by atoms with van der Waals surface area (Å²) in [7, 11) is 0. The summed E-state index contributed by atoms with van der Waals surface area (Å²) < 4.78 is 0. The number of rotatable bonds is 4. The second kappa shape index (κ2) is 7.81. The average molecular weight is 402 g/mol. The largest absolute Gasteiger partial charge is 0.504 e. The third-order valence-corrected chi connectivity index (χ3v) is 5.83. The van der Waals surface area contributed by atoms with Crippen LogP contribution in [-0.4, -0.2) is 20.4 Å². The smallest absolute Gasteiger partial charge is 0.172 e. The van der Waals surface area contributed by atoms with Crippen molar-refractivity contribution in [3.05, 3.63) is 84.9 Å². The Balaban J connectivity index is 1.92. The van der Waals surface area contributed by atoms with Gasteiger partial charge in [0.1, 0.15) is 0 Å². The standard InChI is InChI=1S/C24H18O4S/c25-19-13-11-17(15-7-3-1-4-8-15)23(21(19)27)29-24-18(12-14-20(26)22(24)28)16-9-5-2-6-10-16/h1-14,25-28H. The third-order valence-electron chi connectivity index (χ3n) is 4.59. The van der Waals surface area contributed by atoms with Gasteiger partial charge in [-0.15, -0.1) is 0 Å². The first-order valence-corrected chi connectivity index (χ1v) is 9.76. The molecule has 0 saturated heterocycles. The summed E-state index contributed by atoms with van der Waals surface area (Å²) in [4.78, 5) is 0.767. The molecule has 0 unspecified atom stereocenters. The van der Waals surface area contributed by atoms with Crippen LogP contribution in [0.25, 0.3) is 22.3 Å². The van der Waals surface area contributed by atoms with Gasteiger partial charge in [0.25, 0.3) is 0 Å². The fourth-order valence-corrected chi connectivity index (χ4v) is 4.32. The van der Waals surface area contributed by atoms with Crippen molar-refractivity contribution in [3.8, 4) is 45.3 Å². The van der Waals surface area contributed by atoms with Gasteiger partial charge in [-0.2, -0.15) is 0 Å². The van der Waals surface area contributed by atoms with Crippen LogP contribution in [0.3, 0.4) is 0 Å². The topological polar surface area (TPSA) is 80.9 Å². The normalized spacial score (nSPS) is 10.8. The lowest BCUT2D eigenvalue weighted by Gasteiger charge is -2.16. The van der Waals surface area contributed by atoms with Crippen molar-refractivity contribution in [2.24, 2.45) is 0 Å². The molecule has 0 aliphatic rings. The SMILES string of the molecule is Oc1ccc(-c2ccccc2)c(Sc2c(-c3ccccc3)ccc(O)c2O)c1O. The summed E-state index contributed by atoms with van der Waals surface area (Å²) in [6.45, 7) is 0. The molecule has 4 nitrogen and oxygen atoms in total. The van der Waals surface area contributed by atoms with E-state index < -0.39 is 0 Å². The molecule has 4 rings (SSSR count). The highest BCUT2D eigenvalue weighted by molar-refractivity contribution is 7.99. The van der Waals surface area contributed by atoms with Crippen molar-refractivity contribution in [2.45, 2.75) is 9.79 Å². The summed E-state index contributed by atoms with van der Waals surface area (Å²) in [5.74, 6) is -1.07. The Morgan fingerprint density at radius 1 is 0.448 bits per heavy atom. The molecule has 0 aliphatic carbocycles. The zero-order chi connectivity index (χ0) is 20.4. The fourth-order valence-electron chi connectivity index (χ4n) is 3.12. The first-order valence-electron chi connectivity index (χ1n) is 8.95. The summed E-state index contributed by atoms with van der Waals surface area (Å²) in [5.41, 5.74) is 3.11. The Morgan fingerprint density at radius 2 is 0.828 bits per heavy atom. The molecule has 0 aromatic heterocycles. The van der Waals surface area contributed by atoms with Crippen molar-refractivity contribution in [1.29, 1.82) is 0 Å². The highest BCUT2D eigenvalue weighted by Crippen LogP contribution is 2.52. The molecule has 144 valence electrons. The summed E-state index contributed by atoms with van der Waals surface area (Å²) in [6, 6.07) is 25.2. The van der Waals surface area contributed by atoms with Crippen LogP contribution in [0, 0.1) is 0 Å². The Bertz CT molecular complexity index is 1070. The molecule has 0 spiro atoms. The third kappa shape index (κ3) is 3.60. The molecule has 0 heterocycles. The molecule has 4 N–H and O–H groups in total. The second-order valence-corrected chi connectivity index (χ2v) is 7.47. The average Bonchev–Trinajstić information content (AvgIpc) is 2.76. The van der Waals surface area contributed by atoms with E-state index in [2.05, 4.69) is 0 Å². The van der Waals surface area contributed by atoms with Gasteiger partial charge in [0.2, 0.25) is 0 Å². The summed E-state index contributed by atoms with van der Waals surface area (Å²) in [6.07, 6.45) is 0. The number of benzene rings is 4. The molecule has 0 radical (unpaired) electrons. The Morgan fingerprint density at radius 3 is 1.21 bits per heavy atom. The number of hydrogen-bond acceptors (Lipinski definition) is 5. The van der Waals surface area contributed by atoms with E-state index in [0.29, 0.717) is 20.9 Å². The molecule has 5 heteroatoms. The first kappa shape index (κ1) is 18.8. The van der Waals surface area contributed by atoms with Crippen molar-refractivity contribution in [2.75, 3.05) is 0 Å². The van der Waals surface area contributed by atoms with Gasteiger partial charge in [-0.1, -0.05) is 72.4 Å². The zero-order valence-electron chi connectivity index (χ0n) is 15.3. The van der Waals surface area contributed by atoms with Crippen LogP contribution in [0.4, 0.5) is 0 Å². The van der Waals surface area contributed by atoms with E-state index in [9.17, 15) is 20.4 Å². The maximum Gasteiger partial charge on any atom is 0.172 e. The molecule has 4 aromatic carbocycles. The van der Waals surface area contributed by atoms with Gasteiger partial charge in [0, 0.05) is 0 Å². The van der Waals surface area contributed by atoms with E-state index in [0.717, 1.165) is 22.9 Å². The van der Waals surface area contributed by atoms with Gasteiger partial charge in [-0.3, -0.25) is 0 Å². The van der Waals surface area contributed by atoms with Gasteiger partial charge >= 0.3 is 0 Å². The van der Waals surface area contributed by atoms with E-state index in [1.54, 1.807) is 12.1 Å². The Kier molecular flexibility index (Phi) is 5.06. The second-order valence-electron chi connectivity index (χ2n) is 6.45. The molecule has 0 aliphatic heterocycles. The monoisotopic (exact) mass is 402 g/mol. The van der Waals surface area contributed by atoms with E-state index in [-0.39, 0.29) is 23.0 Å². The fraction of sp³-hybridized carbons (Fsp3) is 0. The van der Waals surface area contributed by atoms with Crippen LogP contribution in [0.1, 0.15) is 0 Å². The molecule has 29 heavy (non-hydrogen) atoms. The van der Waals surface area contributed by atoms with Crippen molar-refractivity contribution >= 4 is 11.8 Å². The van der Waals surface area contributed by atoms with Crippen molar-refractivity contribution in [3.63, 3.8) is 0 Å². The maximum absolute atomic E-state index is 10.6. The molecule has 0 fully saturated rings. The molecule has 0 amide bonds. The van der Waals surface area contributed by atoms with Crippen LogP contribution in [0.5, 0.6) is 23.0 Å². The highest BCUT2D eigenvalue weighted by atomic mass is 32.2. The van der Waals surface area contributed by atoms with E-state index in [1.165, 1.54) is 12.1 Å². The van der Waals surface area contributed by atoms with Gasteiger partial charge in [-0.05, 0) is 46.5 Å². The summed E-state index contributed by atoms with van der Waals surface area (Å²) in [5, 5.41) is 41.4. The van der Waals surface area contributed by atoms with E-state index in [4.69, 9.17) is 0 Å². The van der Waals surface area contributed by atoms with Crippen LogP contribution >= 0.6 is 11.8 Å². The lowest BCUT2D eigenvalue weighted by Crippen LogP contribution is -1.88. The molecule has 0 bridgehead atoms. The number of hydrogen-bond donors (Lipinski definition) is 4. The van der Waals surface area contributed by atoms with E-state index in [1.807, 2.05) is 60.7 Å². The summed E-state index contributed by atoms with van der Waals surface area (Å²) >= 11 is 1.09. The Hall–Kier alpha value is -3.57. The maximum atomic E-state index is 10.6. The van der Waals surface area contributed by atoms with Gasteiger partial charge in [-0.25, -0.2) is 0 Å². The van der Waals surface area contributed by atoms with Crippen LogP contribution in [0.15, 0.2) is 94.7 Å². The van der Waals surface area contributed by atoms with Crippen molar-refractivity contribution in [1.82, 2.24) is 0 Å². The highest BCUT2D eigenvalue weighted by Gasteiger charge is 2.21. The molecular weight excluding hydrogens is 384 g/mol. The zero-order valence-corrected chi connectivity index (χ0v) is 16.1. The Labute approximate surface area is 172 Å². The minimum atomic E-state index is -0.280. The molecular formula is C24H18O4S. The van der Waals surface area contributed by atoms with E-state index >= 15 is 0 Å². The molecule has 0 saturated carbocycles. The molecule has 0 atom stereocenters. The molecule has 4 aromatic rings. The lowest BCUT2D eigenvalue weighted by atomic mass is 10.0. The number of phenolic OH excluding ortho intramolecular Hbond substituents is 4. The minimum absolute atomic E-state index is 0.256. The van der Waals surface area contributed by atoms with Gasteiger partial charge in [0.05, 0.1) is 9.79 Å². The van der Waals surface area contributed by atoms with Gasteiger partial charge in [0.15, 0.2) is 23.0 Å². The van der Waals surface area contributed by atoms with Crippen LogP contribution in [0.2, 0.25) is 0 Å². The number of aromatic hydroxyl groups is 4. The van der Waals surface area contributed by atoms with Crippen molar-refractivity contribution < 1.29 is 20.4 Å². The predicted molar refractivity (Wildman–Crippen MR) is 115 cm³/mol. The lowest BCUT2D eigenvalue weighted by molar-refractivity contribution is 0.393. The van der Waals surface area contributed by atoms with Gasteiger partial charge < -0.3 is 20.4 Å². The van der Waals surface area contributed by atoms with Crippen LogP contribution < -0.4 is 0 Å². The first-order chi connectivity index (χ1) is 14.1.